The van der Waals surface area contributed by atoms with Crippen LogP contribution in [0, 0.1) is 12.3 Å². The Kier molecular flexibility index (Phi) is 3.48. The van der Waals surface area contributed by atoms with Crippen LogP contribution in [0.25, 0.3) is 0 Å². The number of hydrogen-bond acceptors (Lipinski definition) is 3. The molecular formula is C14H19NO2. The average Bonchev–Trinajstić information content (AvgIpc) is 3.09. The molecule has 3 nitrogen and oxygen atoms in total. The molecule has 1 N–H and O–H groups in total. The Morgan fingerprint density at radius 1 is 1.47 bits per heavy atom. The smallest absolute Gasteiger partial charge is 0.313 e. The lowest BCUT2D eigenvalue weighted by Gasteiger charge is -2.13. The fourth-order valence-electron chi connectivity index (χ4n) is 2.09. The van der Waals surface area contributed by atoms with E-state index in [-0.39, 0.29) is 11.4 Å². The third kappa shape index (κ3) is 2.86. The molecule has 3 heteroatoms. The summed E-state index contributed by atoms with van der Waals surface area (Å²) in [7, 11) is 1.46. The fourth-order valence-corrected chi connectivity index (χ4v) is 2.09. The molecule has 1 aromatic rings. The SMILES string of the molecule is COC(=O)C1(CNCc2cccc(C)c2)CC1. The molecule has 0 saturated heterocycles. The maximum Gasteiger partial charge on any atom is 0.313 e. The molecule has 1 aromatic carbocycles. The van der Waals surface area contributed by atoms with Crippen molar-refractivity contribution in [1.29, 1.82) is 0 Å². The predicted octanol–water partition coefficient (Wildman–Crippen LogP) is 2.04. The first-order valence-corrected chi connectivity index (χ1v) is 6.01. The minimum atomic E-state index is -0.238. The molecule has 1 aliphatic carbocycles. The molecule has 17 heavy (non-hydrogen) atoms. The summed E-state index contributed by atoms with van der Waals surface area (Å²) in [6, 6.07) is 8.39. The van der Waals surface area contributed by atoms with Crippen LogP contribution in [-0.2, 0) is 16.1 Å². The summed E-state index contributed by atoms with van der Waals surface area (Å²) in [5.74, 6) is -0.0748. The van der Waals surface area contributed by atoms with E-state index in [0.29, 0.717) is 6.54 Å². The summed E-state index contributed by atoms with van der Waals surface area (Å²) >= 11 is 0. The number of rotatable bonds is 5. The first-order valence-electron chi connectivity index (χ1n) is 6.01. The number of benzene rings is 1. The molecule has 0 unspecified atom stereocenters. The molecular weight excluding hydrogens is 214 g/mol. The Labute approximate surface area is 102 Å². The van der Waals surface area contributed by atoms with Crippen molar-refractivity contribution in [3.63, 3.8) is 0 Å². The van der Waals surface area contributed by atoms with Crippen LogP contribution in [0.3, 0.4) is 0 Å². The Morgan fingerprint density at radius 3 is 2.82 bits per heavy atom. The highest BCUT2D eigenvalue weighted by Crippen LogP contribution is 2.46. The number of aryl methyl sites for hydroxylation is 1. The lowest BCUT2D eigenvalue weighted by molar-refractivity contribution is -0.146. The van der Waals surface area contributed by atoms with Crippen LogP contribution in [0.15, 0.2) is 24.3 Å². The third-order valence-corrected chi connectivity index (χ3v) is 3.35. The topological polar surface area (TPSA) is 38.3 Å². The highest BCUT2D eigenvalue weighted by Gasteiger charge is 2.50. The van der Waals surface area contributed by atoms with E-state index >= 15 is 0 Å². The first kappa shape index (κ1) is 12.1. The molecule has 0 amide bonds. The second kappa shape index (κ2) is 4.88. The predicted molar refractivity (Wildman–Crippen MR) is 66.6 cm³/mol. The normalized spacial score (nSPS) is 16.6. The van der Waals surface area contributed by atoms with Gasteiger partial charge in [0.15, 0.2) is 0 Å². The zero-order valence-electron chi connectivity index (χ0n) is 10.5. The minimum absolute atomic E-state index is 0.0748. The van der Waals surface area contributed by atoms with E-state index in [2.05, 4.69) is 36.5 Å². The zero-order valence-corrected chi connectivity index (χ0v) is 10.5. The second-order valence-electron chi connectivity index (χ2n) is 4.86. The molecule has 0 aromatic heterocycles. The molecule has 0 bridgehead atoms. The van der Waals surface area contributed by atoms with Crippen LogP contribution in [0.4, 0.5) is 0 Å². The van der Waals surface area contributed by atoms with Gasteiger partial charge in [-0.2, -0.15) is 0 Å². The van der Waals surface area contributed by atoms with Gasteiger partial charge in [-0.15, -0.1) is 0 Å². The largest absolute Gasteiger partial charge is 0.469 e. The molecule has 0 atom stereocenters. The van der Waals surface area contributed by atoms with Crippen molar-refractivity contribution >= 4 is 5.97 Å². The number of esters is 1. The number of ether oxygens (including phenoxy) is 1. The molecule has 92 valence electrons. The van der Waals surface area contributed by atoms with Crippen molar-refractivity contribution in [2.45, 2.75) is 26.3 Å². The molecule has 1 aliphatic rings. The van der Waals surface area contributed by atoms with Gasteiger partial charge in [-0.3, -0.25) is 4.79 Å². The molecule has 0 aliphatic heterocycles. The van der Waals surface area contributed by atoms with Gasteiger partial charge in [0.1, 0.15) is 0 Å². The highest BCUT2D eigenvalue weighted by atomic mass is 16.5. The van der Waals surface area contributed by atoms with E-state index in [0.717, 1.165) is 19.4 Å². The molecule has 2 rings (SSSR count). The molecule has 0 heterocycles. The summed E-state index contributed by atoms with van der Waals surface area (Å²) in [4.78, 5) is 11.5. The van der Waals surface area contributed by atoms with Gasteiger partial charge in [-0.1, -0.05) is 29.8 Å². The quantitative estimate of drug-likeness (QED) is 0.791. The monoisotopic (exact) mass is 233 g/mol. The number of carbonyl (C=O) groups excluding carboxylic acids is 1. The van der Waals surface area contributed by atoms with Gasteiger partial charge in [0.2, 0.25) is 0 Å². The van der Waals surface area contributed by atoms with E-state index in [1.807, 2.05) is 0 Å². The van der Waals surface area contributed by atoms with Gasteiger partial charge in [0, 0.05) is 13.1 Å². The van der Waals surface area contributed by atoms with Crippen molar-refractivity contribution in [3.05, 3.63) is 35.4 Å². The van der Waals surface area contributed by atoms with Gasteiger partial charge in [-0.25, -0.2) is 0 Å². The van der Waals surface area contributed by atoms with Crippen LogP contribution in [0.2, 0.25) is 0 Å². The molecule has 0 spiro atoms. The Hall–Kier alpha value is -1.35. The Bertz CT molecular complexity index is 410. The summed E-state index contributed by atoms with van der Waals surface area (Å²) in [6.07, 6.45) is 1.89. The van der Waals surface area contributed by atoms with Gasteiger partial charge in [-0.05, 0) is 25.3 Å². The van der Waals surface area contributed by atoms with Crippen LogP contribution < -0.4 is 5.32 Å². The molecule has 0 radical (unpaired) electrons. The third-order valence-electron chi connectivity index (χ3n) is 3.35. The summed E-state index contributed by atoms with van der Waals surface area (Å²) in [6.45, 7) is 3.61. The van der Waals surface area contributed by atoms with Crippen molar-refractivity contribution in [1.82, 2.24) is 5.32 Å². The van der Waals surface area contributed by atoms with E-state index in [1.54, 1.807) is 0 Å². The number of methoxy groups -OCH3 is 1. The van der Waals surface area contributed by atoms with E-state index in [4.69, 9.17) is 4.74 Å². The number of nitrogens with one attached hydrogen (secondary N) is 1. The van der Waals surface area contributed by atoms with Crippen LogP contribution in [0.1, 0.15) is 24.0 Å². The van der Waals surface area contributed by atoms with Crippen molar-refractivity contribution in [2.24, 2.45) is 5.41 Å². The van der Waals surface area contributed by atoms with Gasteiger partial charge in [0.25, 0.3) is 0 Å². The maximum atomic E-state index is 11.5. The number of hydrogen-bond donors (Lipinski definition) is 1. The standard InChI is InChI=1S/C14H19NO2/c1-11-4-3-5-12(8-11)9-15-10-14(6-7-14)13(16)17-2/h3-5,8,15H,6-7,9-10H2,1-2H3. The van der Waals surface area contributed by atoms with Gasteiger partial charge >= 0.3 is 5.97 Å². The summed E-state index contributed by atoms with van der Waals surface area (Å²) < 4.78 is 4.82. The van der Waals surface area contributed by atoms with Crippen LogP contribution in [-0.4, -0.2) is 19.6 Å². The second-order valence-corrected chi connectivity index (χ2v) is 4.86. The Morgan fingerprint density at radius 2 is 2.24 bits per heavy atom. The minimum Gasteiger partial charge on any atom is -0.469 e. The van der Waals surface area contributed by atoms with E-state index < -0.39 is 0 Å². The maximum absolute atomic E-state index is 11.5. The highest BCUT2D eigenvalue weighted by molar-refractivity contribution is 5.80. The van der Waals surface area contributed by atoms with Gasteiger partial charge in [0.05, 0.1) is 12.5 Å². The number of carbonyl (C=O) groups is 1. The van der Waals surface area contributed by atoms with Gasteiger partial charge < -0.3 is 10.1 Å². The molecule has 1 saturated carbocycles. The first-order chi connectivity index (χ1) is 8.16. The summed E-state index contributed by atoms with van der Waals surface area (Å²) in [5, 5.41) is 3.35. The summed E-state index contributed by atoms with van der Waals surface area (Å²) in [5.41, 5.74) is 2.28. The van der Waals surface area contributed by atoms with Crippen molar-refractivity contribution < 1.29 is 9.53 Å². The Balaban J connectivity index is 1.82. The lowest BCUT2D eigenvalue weighted by Crippen LogP contribution is -2.30. The fraction of sp³-hybridized carbons (Fsp3) is 0.500. The van der Waals surface area contributed by atoms with Crippen molar-refractivity contribution in [3.8, 4) is 0 Å². The lowest BCUT2D eigenvalue weighted by atomic mass is 10.1. The molecule has 1 fully saturated rings. The van der Waals surface area contributed by atoms with E-state index in [1.165, 1.54) is 18.2 Å². The zero-order chi connectivity index (χ0) is 12.3. The van der Waals surface area contributed by atoms with Crippen LogP contribution in [0.5, 0.6) is 0 Å². The average molecular weight is 233 g/mol. The van der Waals surface area contributed by atoms with Crippen LogP contribution >= 0.6 is 0 Å². The van der Waals surface area contributed by atoms with Crippen molar-refractivity contribution in [2.75, 3.05) is 13.7 Å². The van der Waals surface area contributed by atoms with E-state index in [9.17, 15) is 4.79 Å².